The van der Waals surface area contributed by atoms with Crippen molar-refractivity contribution in [3.8, 4) is 5.75 Å². The average Bonchev–Trinajstić information content (AvgIpc) is 2.68. The van der Waals surface area contributed by atoms with Crippen LogP contribution in [0.15, 0.2) is 29.2 Å². The van der Waals surface area contributed by atoms with E-state index in [4.69, 9.17) is 4.74 Å². The van der Waals surface area contributed by atoms with Crippen LogP contribution in [0.5, 0.6) is 5.75 Å². The molecule has 27 heavy (non-hydrogen) atoms. The number of sulfonamides is 1. The minimum atomic E-state index is -3.70. The number of benzene rings is 1. The molecule has 1 N–H and O–H groups in total. The van der Waals surface area contributed by atoms with Crippen LogP contribution >= 0.6 is 0 Å². The number of hydrogen-bond acceptors (Lipinski definition) is 6. The lowest BCUT2D eigenvalue weighted by atomic mass is 9.99. The molecule has 152 valence electrons. The first-order chi connectivity index (χ1) is 12.7. The molecule has 1 unspecified atom stereocenters. The van der Waals surface area contributed by atoms with Crippen molar-refractivity contribution >= 4 is 25.8 Å². The van der Waals surface area contributed by atoms with Crippen LogP contribution in [0.3, 0.4) is 0 Å². The van der Waals surface area contributed by atoms with Gasteiger partial charge in [0.1, 0.15) is 5.75 Å². The number of carbonyl (C=O) groups is 1. The Morgan fingerprint density at radius 3 is 2.48 bits per heavy atom. The van der Waals surface area contributed by atoms with Gasteiger partial charge < -0.3 is 10.1 Å². The van der Waals surface area contributed by atoms with Crippen LogP contribution in [0.4, 0.5) is 0 Å². The van der Waals surface area contributed by atoms with Crippen LogP contribution in [0.2, 0.25) is 0 Å². The minimum Gasteiger partial charge on any atom is -0.497 e. The maximum Gasteiger partial charge on any atom is 0.243 e. The summed E-state index contributed by atoms with van der Waals surface area (Å²) in [6.07, 6.45) is 1.14. The third-order valence-corrected chi connectivity index (χ3v) is 8.19. The summed E-state index contributed by atoms with van der Waals surface area (Å²) in [5, 5.41) is 2.61. The number of amides is 1. The molecule has 2 rings (SSSR count). The quantitative estimate of drug-likeness (QED) is 0.664. The highest BCUT2D eigenvalue weighted by molar-refractivity contribution is 7.91. The summed E-state index contributed by atoms with van der Waals surface area (Å²) < 4.78 is 55.0. The maximum absolute atomic E-state index is 12.8. The van der Waals surface area contributed by atoms with E-state index in [0.717, 1.165) is 0 Å². The Labute approximate surface area is 160 Å². The van der Waals surface area contributed by atoms with Gasteiger partial charge in [0.05, 0.1) is 23.7 Å². The van der Waals surface area contributed by atoms with E-state index in [1.54, 1.807) is 19.1 Å². The molecule has 8 nitrogen and oxygen atoms in total. The van der Waals surface area contributed by atoms with Gasteiger partial charge in [-0.25, -0.2) is 16.8 Å². The van der Waals surface area contributed by atoms with E-state index in [2.05, 4.69) is 5.32 Å². The molecular formula is C17H26N2O6S2. The van der Waals surface area contributed by atoms with Gasteiger partial charge in [-0.2, -0.15) is 4.31 Å². The number of piperidine rings is 1. The molecule has 1 saturated heterocycles. The van der Waals surface area contributed by atoms with Gasteiger partial charge in [-0.3, -0.25) is 4.79 Å². The molecule has 1 amide bonds. The molecule has 1 heterocycles. The van der Waals surface area contributed by atoms with Crippen LogP contribution in [0.25, 0.3) is 0 Å². The number of rotatable bonds is 8. The summed E-state index contributed by atoms with van der Waals surface area (Å²) in [5.41, 5.74) is 0. The Kier molecular flexibility index (Phi) is 7.24. The van der Waals surface area contributed by atoms with Gasteiger partial charge in [-0.05, 0) is 37.1 Å². The van der Waals surface area contributed by atoms with E-state index in [1.165, 1.54) is 23.5 Å². The summed E-state index contributed by atoms with van der Waals surface area (Å²) in [7, 11) is -5.35. The SMILES string of the molecule is CCS(=O)(=O)CCNC(=O)C1CCCN(S(=O)(=O)c2ccc(OC)cc2)C1. The summed E-state index contributed by atoms with van der Waals surface area (Å²) in [6.45, 7) is 2.03. The number of carbonyl (C=O) groups excluding carboxylic acids is 1. The Morgan fingerprint density at radius 1 is 1.22 bits per heavy atom. The fourth-order valence-electron chi connectivity index (χ4n) is 2.89. The molecule has 1 aromatic carbocycles. The smallest absolute Gasteiger partial charge is 0.243 e. The van der Waals surface area contributed by atoms with Crippen LogP contribution in [-0.4, -0.2) is 65.3 Å². The largest absolute Gasteiger partial charge is 0.497 e. The maximum atomic E-state index is 12.8. The van der Waals surface area contributed by atoms with Gasteiger partial charge in [-0.1, -0.05) is 6.92 Å². The Bertz CT molecular complexity index is 850. The lowest BCUT2D eigenvalue weighted by Crippen LogP contribution is -2.46. The van der Waals surface area contributed by atoms with Gasteiger partial charge in [0.25, 0.3) is 0 Å². The molecule has 0 saturated carbocycles. The lowest BCUT2D eigenvalue weighted by Gasteiger charge is -2.31. The lowest BCUT2D eigenvalue weighted by molar-refractivity contribution is -0.125. The van der Waals surface area contributed by atoms with Gasteiger partial charge in [0.15, 0.2) is 9.84 Å². The summed E-state index contributed by atoms with van der Waals surface area (Å²) in [5.74, 6) is -0.324. The number of sulfone groups is 1. The Hall–Kier alpha value is -1.65. The first kappa shape index (κ1) is 21.6. The zero-order valence-electron chi connectivity index (χ0n) is 15.5. The van der Waals surface area contributed by atoms with E-state index >= 15 is 0 Å². The van der Waals surface area contributed by atoms with Crippen molar-refractivity contribution in [3.63, 3.8) is 0 Å². The standard InChI is InChI=1S/C17H26N2O6S2/c1-3-26(21,22)12-10-18-17(20)14-5-4-11-19(13-14)27(23,24)16-8-6-15(25-2)7-9-16/h6-9,14H,3-5,10-13H2,1-2H3,(H,18,20). The number of methoxy groups -OCH3 is 1. The van der Waals surface area contributed by atoms with Crippen LogP contribution in [0, 0.1) is 5.92 Å². The van der Waals surface area contributed by atoms with Crippen LogP contribution in [0.1, 0.15) is 19.8 Å². The van der Waals surface area contributed by atoms with Gasteiger partial charge in [0, 0.05) is 25.4 Å². The first-order valence-electron chi connectivity index (χ1n) is 8.82. The van der Waals surface area contributed by atoms with E-state index in [-0.39, 0.29) is 35.4 Å². The Morgan fingerprint density at radius 2 is 1.89 bits per heavy atom. The van der Waals surface area contributed by atoms with Crippen molar-refractivity contribution in [3.05, 3.63) is 24.3 Å². The monoisotopic (exact) mass is 418 g/mol. The fourth-order valence-corrected chi connectivity index (χ4v) is 5.12. The van der Waals surface area contributed by atoms with Gasteiger partial charge >= 0.3 is 0 Å². The minimum absolute atomic E-state index is 0.0280. The van der Waals surface area contributed by atoms with Crippen molar-refractivity contribution in [1.82, 2.24) is 9.62 Å². The molecule has 0 radical (unpaired) electrons. The second-order valence-electron chi connectivity index (χ2n) is 6.41. The molecule has 0 aliphatic carbocycles. The van der Waals surface area contributed by atoms with Crippen LogP contribution < -0.4 is 10.1 Å². The molecular weight excluding hydrogens is 392 g/mol. The number of nitrogens with zero attached hydrogens (tertiary/aromatic N) is 1. The van der Waals surface area contributed by atoms with Crippen molar-refractivity contribution in [2.45, 2.75) is 24.7 Å². The van der Waals surface area contributed by atoms with Crippen molar-refractivity contribution in [1.29, 1.82) is 0 Å². The highest BCUT2D eigenvalue weighted by Crippen LogP contribution is 2.25. The number of nitrogens with one attached hydrogen (secondary N) is 1. The predicted octanol–water partition coefficient (Wildman–Crippen LogP) is 0.647. The normalized spacial score (nSPS) is 18.8. The third-order valence-electron chi connectivity index (χ3n) is 4.60. The molecule has 1 aliphatic heterocycles. The van der Waals surface area contributed by atoms with E-state index < -0.39 is 25.8 Å². The zero-order chi connectivity index (χ0) is 20.1. The highest BCUT2D eigenvalue weighted by Gasteiger charge is 2.33. The number of hydrogen-bond donors (Lipinski definition) is 1. The van der Waals surface area contributed by atoms with Crippen LogP contribution in [-0.2, 0) is 24.7 Å². The third kappa shape index (κ3) is 5.66. The van der Waals surface area contributed by atoms with Crippen molar-refractivity contribution in [2.24, 2.45) is 5.92 Å². The molecule has 0 aromatic heterocycles. The van der Waals surface area contributed by atoms with E-state index in [1.807, 2.05) is 0 Å². The average molecular weight is 419 g/mol. The van der Waals surface area contributed by atoms with Gasteiger partial charge in [0.2, 0.25) is 15.9 Å². The summed E-state index contributed by atoms with van der Waals surface area (Å²) in [6, 6.07) is 6.12. The second kappa shape index (κ2) is 9.03. The number of ether oxygens (including phenoxy) is 1. The molecule has 1 aliphatic rings. The highest BCUT2D eigenvalue weighted by atomic mass is 32.2. The molecule has 1 fully saturated rings. The van der Waals surface area contributed by atoms with E-state index in [0.29, 0.717) is 25.1 Å². The first-order valence-corrected chi connectivity index (χ1v) is 12.1. The molecule has 1 atom stereocenters. The molecule has 1 aromatic rings. The predicted molar refractivity (Wildman–Crippen MR) is 102 cm³/mol. The van der Waals surface area contributed by atoms with Crippen molar-refractivity contribution < 1.29 is 26.4 Å². The molecule has 0 spiro atoms. The summed E-state index contributed by atoms with van der Waals surface area (Å²) >= 11 is 0. The topological polar surface area (TPSA) is 110 Å². The summed E-state index contributed by atoms with van der Waals surface area (Å²) in [4.78, 5) is 12.5. The van der Waals surface area contributed by atoms with Crippen molar-refractivity contribution in [2.75, 3.05) is 38.2 Å². The zero-order valence-corrected chi connectivity index (χ0v) is 17.2. The molecule has 0 bridgehead atoms. The molecule has 10 heteroatoms. The van der Waals surface area contributed by atoms with E-state index in [9.17, 15) is 21.6 Å². The second-order valence-corrected chi connectivity index (χ2v) is 10.8. The Balaban J connectivity index is 2.00. The fraction of sp³-hybridized carbons (Fsp3) is 0.588. The van der Waals surface area contributed by atoms with Gasteiger partial charge in [-0.15, -0.1) is 0 Å².